The van der Waals surface area contributed by atoms with Crippen molar-refractivity contribution in [1.29, 1.82) is 0 Å². The van der Waals surface area contributed by atoms with E-state index in [1.165, 1.54) is 5.56 Å². The molecule has 1 spiro atoms. The Morgan fingerprint density at radius 2 is 1.83 bits per heavy atom. The second kappa shape index (κ2) is 5.96. The van der Waals surface area contributed by atoms with Crippen LogP contribution in [-0.4, -0.2) is 67.3 Å². The van der Waals surface area contributed by atoms with Crippen molar-refractivity contribution in [3.05, 3.63) is 35.9 Å². The number of carbonyl (C=O) groups excluding carboxylic acids is 2. The maximum atomic E-state index is 12.6. The molecule has 0 unspecified atom stereocenters. The number of piperidine rings is 1. The van der Waals surface area contributed by atoms with Crippen molar-refractivity contribution in [2.75, 3.05) is 40.8 Å². The highest BCUT2D eigenvalue weighted by molar-refractivity contribution is 5.91. The minimum absolute atomic E-state index is 0.141. The summed E-state index contributed by atoms with van der Waals surface area (Å²) in [5, 5.41) is 0. The van der Waals surface area contributed by atoms with Gasteiger partial charge in [0.25, 0.3) is 0 Å². The van der Waals surface area contributed by atoms with Gasteiger partial charge in [-0.05, 0) is 32.5 Å². The summed E-state index contributed by atoms with van der Waals surface area (Å²) in [6.45, 7) is 1.79. The van der Waals surface area contributed by atoms with Crippen LogP contribution in [0.1, 0.15) is 24.4 Å². The highest BCUT2D eigenvalue weighted by Crippen LogP contribution is 2.55. The van der Waals surface area contributed by atoms with Gasteiger partial charge >= 0.3 is 0 Å². The molecular weight excluding hydrogens is 290 g/mol. The number of hydrogen-bond donors (Lipinski definition) is 0. The molecule has 0 N–H and O–H groups in total. The van der Waals surface area contributed by atoms with Crippen LogP contribution >= 0.6 is 0 Å². The molecule has 0 bridgehead atoms. The normalized spacial score (nSPS) is 23.3. The van der Waals surface area contributed by atoms with E-state index in [-0.39, 0.29) is 23.3 Å². The van der Waals surface area contributed by atoms with Gasteiger partial charge in [-0.25, -0.2) is 0 Å². The van der Waals surface area contributed by atoms with E-state index in [2.05, 4.69) is 12.1 Å². The fourth-order valence-corrected chi connectivity index (χ4v) is 4.08. The molecule has 124 valence electrons. The number of nitrogens with zero attached hydrogens (tertiary/aromatic N) is 3. The van der Waals surface area contributed by atoms with Crippen molar-refractivity contribution in [2.45, 2.75) is 18.9 Å². The Hall–Kier alpha value is -1.88. The second-order valence-corrected chi connectivity index (χ2v) is 7.00. The van der Waals surface area contributed by atoms with Gasteiger partial charge in [0.15, 0.2) is 0 Å². The topological polar surface area (TPSA) is 43.9 Å². The fourth-order valence-electron chi connectivity index (χ4n) is 4.08. The van der Waals surface area contributed by atoms with Crippen molar-refractivity contribution in [3.8, 4) is 0 Å². The first kappa shape index (κ1) is 16.0. The van der Waals surface area contributed by atoms with Crippen LogP contribution in [0.4, 0.5) is 0 Å². The Bertz CT molecular complexity index is 592. The van der Waals surface area contributed by atoms with Gasteiger partial charge in [0.2, 0.25) is 11.8 Å². The first-order valence-electron chi connectivity index (χ1n) is 8.20. The summed E-state index contributed by atoms with van der Waals surface area (Å²) in [4.78, 5) is 30.4. The molecule has 23 heavy (non-hydrogen) atoms. The first-order chi connectivity index (χ1) is 11.0. The molecule has 1 aromatic rings. The van der Waals surface area contributed by atoms with E-state index in [1.807, 2.05) is 54.0 Å². The van der Waals surface area contributed by atoms with Crippen LogP contribution in [0.15, 0.2) is 30.3 Å². The molecule has 1 aromatic carbocycles. The molecule has 0 aromatic heterocycles. The van der Waals surface area contributed by atoms with Gasteiger partial charge in [0, 0.05) is 20.1 Å². The maximum absolute atomic E-state index is 12.6. The number of likely N-dealkylation sites (tertiary alicyclic amines) is 2. The van der Waals surface area contributed by atoms with Crippen LogP contribution in [0.25, 0.3) is 0 Å². The van der Waals surface area contributed by atoms with Crippen molar-refractivity contribution >= 4 is 11.8 Å². The van der Waals surface area contributed by atoms with E-state index in [4.69, 9.17) is 0 Å². The lowest BCUT2D eigenvalue weighted by Gasteiger charge is -2.58. The van der Waals surface area contributed by atoms with Crippen molar-refractivity contribution in [3.63, 3.8) is 0 Å². The Morgan fingerprint density at radius 3 is 2.39 bits per heavy atom. The molecule has 2 heterocycles. The largest absolute Gasteiger partial charge is 0.342 e. The fraction of sp³-hybridized carbons (Fsp3) is 0.556. The van der Waals surface area contributed by atoms with Crippen LogP contribution in [0.5, 0.6) is 0 Å². The number of benzene rings is 1. The molecule has 2 saturated heterocycles. The maximum Gasteiger partial charge on any atom is 0.236 e. The van der Waals surface area contributed by atoms with Gasteiger partial charge in [-0.2, -0.15) is 0 Å². The van der Waals surface area contributed by atoms with Gasteiger partial charge in [-0.1, -0.05) is 30.3 Å². The van der Waals surface area contributed by atoms with E-state index in [1.54, 1.807) is 0 Å². The van der Waals surface area contributed by atoms with Crippen molar-refractivity contribution in [1.82, 2.24) is 14.7 Å². The summed E-state index contributed by atoms with van der Waals surface area (Å²) >= 11 is 0. The highest BCUT2D eigenvalue weighted by Gasteiger charge is 2.60. The molecule has 0 aliphatic carbocycles. The lowest BCUT2D eigenvalue weighted by atomic mass is 9.62. The Kier molecular flexibility index (Phi) is 4.15. The van der Waals surface area contributed by atoms with Crippen LogP contribution in [-0.2, 0) is 9.59 Å². The number of β-lactam (4-membered cyclic amide) rings is 1. The summed E-state index contributed by atoms with van der Waals surface area (Å²) in [7, 11) is 5.69. The summed E-state index contributed by atoms with van der Waals surface area (Å²) in [5.41, 5.74) is 0.882. The van der Waals surface area contributed by atoms with Crippen molar-refractivity contribution in [2.24, 2.45) is 5.41 Å². The second-order valence-electron chi connectivity index (χ2n) is 7.00. The molecule has 5 heteroatoms. The third kappa shape index (κ3) is 2.63. The predicted octanol–water partition coefficient (Wildman–Crippen LogP) is 1.37. The minimum atomic E-state index is -0.314. The van der Waals surface area contributed by atoms with Crippen LogP contribution in [0, 0.1) is 5.41 Å². The van der Waals surface area contributed by atoms with E-state index < -0.39 is 0 Å². The van der Waals surface area contributed by atoms with Crippen LogP contribution in [0.3, 0.4) is 0 Å². The number of amides is 2. The number of rotatable bonds is 3. The molecule has 2 fully saturated rings. The smallest absolute Gasteiger partial charge is 0.236 e. The van der Waals surface area contributed by atoms with Gasteiger partial charge in [0.05, 0.1) is 18.0 Å². The standard InChI is InChI=1S/C18H25N3O2/c1-19(2)13-15(22)21-11-9-18(10-12-21)16(20(3)17(18)23)14-7-5-4-6-8-14/h4-8,16H,9-13H2,1-3H3/t16-/m1/s1. The van der Waals surface area contributed by atoms with E-state index in [0.29, 0.717) is 19.6 Å². The Balaban J connectivity index is 1.73. The molecule has 0 radical (unpaired) electrons. The average Bonchev–Trinajstić information content (AvgIpc) is 2.55. The zero-order valence-electron chi connectivity index (χ0n) is 14.2. The lowest BCUT2D eigenvalue weighted by Crippen LogP contribution is -2.65. The van der Waals surface area contributed by atoms with Crippen LogP contribution < -0.4 is 0 Å². The zero-order valence-corrected chi connectivity index (χ0v) is 14.2. The quantitative estimate of drug-likeness (QED) is 0.791. The number of carbonyl (C=O) groups is 2. The molecule has 2 aliphatic rings. The monoisotopic (exact) mass is 315 g/mol. The minimum Gasteiger partial charge on any atom is -0.342 e. The van der Waals surface area contributed by atoms with Gasteiger partial charge in [-0.15, -0.1) is 0 Å². The van der Waals surface area contributed by atoms with E-state index in [9.17, 15) is 9.59 Å². The first-order valence-corrected chi connectivity index (χ1v) is 8.20. The molecule has 2 aliphatic heterocycles. The van der Waals surface area contributed by atoms with Gasteiger partial charge in [0.1, 0.15) is 0 Å². The molecule has 2 amide bonds. The third-order valence-electron chi connectivity index (χ3n) is 5.23. The third-order valence-corrected chi connectivity index (χ3v) is 5.23. The van der Waals surface area contributed by atoms with Crippen molar-refractivity contribution < 1.29 is 9.59 Å². The Morgan fingerprint density at radius 1 is 1.22 bits per heavy atom. The number of likely N-dealkylation sites (N-methyl/N-ethyl adjacent to an activating group) is 1. The predicted molar refractivity (Wildman–Crippen MR) is 88.8 cm³/mol. The Labute approximate surface area is 137 Å². The summed E-state index contributed by atoms with van der Waals surface area (Å²) in [6, 6.07) is 10.4. The summed E-state index contributed by atoms with van der Waals surface area (Å²) < 4.78 is 0. The molecule has 1 atom stereocenters. The number of hydrogen-bond acceptors (Lipinski definition) is 3. The highest BCUT2D eigenvalue weighted by atomic mass is 16.2. The summed E-state index contributed by atoms with van der Waals surface area (Å²) in [6.07, 6.45) is 1.52. The van der Waals surface area contributed by atoms with E-state index >= 15 is 0 Å². The average molecular weight is 315 g/mol. The zero-order chi connectivity index (χ0) is 16.6. The molecule has 3 rings (SSSR count). The van der Waals surface area contributed by atoms with Gasteiger partial charge in [-0.3, -0.25) is 9.59 Å². The van der Waals surface area contributed by atoms with Crippen LogP contribution in [0.2, 0.25) is 0 Å². The molecule has 5 nitrogen and oxygen atoms in total. The summed E-state index contributed by atoms with van der Waals surface area (Å²) in [5.74, 6) is 0.382. The molecular formula is C18H25N3O2. The molecule has 0 saturated carbocycles. The van der Waals surface area contributed by atoms with E-state index in [0.717, 1.165) is 12.8 Å². The lowest BCUT2D eigenvalue weighted by molar-refractivity contribution is -0.178. The van der Waals surface area contributed by atoms with Gasteiger partial charge < -0.3 is 14.7 Å². The SMILES string of the molecule is CN(C)CC(=O)N1CCC2(CC1)C(=O)N(C)[C@@H]2c1ccccc1.